The van der Waals surface area contributed by atoms with Gasteiger partial charge in [-0.3, -0.25) is 4.79 Å². The van der Waals surface area contributed by atoms with Crippen molar-refractivity contribution in [1.82, 2.24) is 5.32 Å². The number of amides is 1. The highest BCUT2D eigenvalue weighted by atomic mass is 16.1. The maximum absolute atomic E-state index is 10.8. The lowest BCUT2D eigenvalue weighted by Crippen LogP contribution is -2.19. The first-order valence-electron chi connectivity index (χ1n) is 3.59. The minimum Gasteiger partial charge on any atom is -0.390 e. The number of nitrogens with one attached hydrogen (secondary N) is 1. The van der Waals surface area contributed by atoms with E-state index in [2.05, 4.69) is 16.9 Å². The molecule has 0 fully saturated rings. The molecule has 66 valence electrons. The van der Waals surface area contributed by atoms with E-state index in [0.29, 0.717) is 12.1 Å². The molecule has 3 N–H and O–H groups in total. The molecule has 4 nitrogen and oxygen atoms in total. The van der Waals surface area contributed by atoms with Gasteiger partial charge in [-0.1, -0.05) is 13.5 Å². The van der Waals surface area contributed by atoms with Gasteiger partial charge >= 0.3 is 0 Å². The predicted octanol–water partition coefficient (Wildman–Crippen LogP) is 0.527. The standard InChI is InChI=1S/C8H13N3O/c1-3-8(12)11-7(2)4-5-10-6-9/h4-6H,2-3H2,1H3,(H2,9,10)(H,11,12)/b5-4-. The highest BCUT2D eigenvalue weighted by molar-refractivity contribution is 5.77. The minimum absolute atomic E-state index is 0.0682. The second kappa shape index (κ2) is 6.15. The maximum Gasteiger partial charge on any atom is 0.224 e. The Kier molecular flexibility index (Phi) is 5.34. The number of hydrogen-bond acceptors (Lipinski definition) is 2. The molecule has 0 aliphatic rings. The molecule has 0 atom stereocenters. The quantitative estimate of drug-likeness (QED) is 0.364. The first kappa shape index (κ1) is 10.4. The summed E-state index contributed by atoms with van der Waals surface area (Å²) < 4.78 is 0. The Labute approximate surface area is 71.9 Å². The van der Waals surface area contributed by atoms with E-state index in [4.69, 9.17) is 5.73 Å². The zero-order chi connectivity index (χ0) is 9.40. The highest BCUT2D eigenvalue weighted by Gasteiger charge is 1.94. The van der Waals surface area contributed by atoms with E-state index in [1.165, 1.54) is 6.20 Å². The summed E-state index contributed by atoms with van der Waals surface area (Å²) in [5.74, 6) is -0.0682. The summed E-state index contributed by atoms with van der Waals surface area (Å²) in [6, 6.07) is 0. The van der Waals surface area contributed by atoms with E-state index in [1.54, 1.807) is 13.0 Å². The fourth-order valence-electron chi connectivity index (χ4n) is 0.492. The van der Waals surface area contributed by atoms with Crippen molar-refractivity contribution in [3.63, 3.8) is 0 Å². The summed E-state index contributed by atoms with van der Waals surface area (Å²) in [7, 11) is 0. The predicted molar refractivity (Wildman–Crippen MR) is 49.4 cm³/mol. The second-order valence-corrected chi connectivity index (χ2v) is 2.04. The van der Waals surface area contributed by atoms with Crippen molar-refractivity contribution in [3.8, 4) is 0 Å². The first-order valence-corrected chi connectivity index (χ1v) is 3.59. The van der Waals surface area contributed by atoms with Crippen molar-refractivity contribution in [1.29, 1.82) is 0 Å². The lowest BCUT2D eigenvalue weighted by atomic mass is 10.4. The molecule has 0 heterocycles. The summed E-state index contributed by atoms with van der Waals surface area (Å²) >= 11 is 0. The lowest BCUT2D eigenvalue weighted by Gasteiger charge is -1.99. The topological polar surface area (TPSA) is 67.5 Å². The van der Waals surface area contributed by atoms with Crippen LogP contribution in [0.5, 0.6) is 0 Å². The fourth-order valence-corrected chi connectivity index (χ4v) is 0.492. The summed E-state index contributed by atoms with van der Waals surface area (Å²) in [6.45, 7) is 5.35. The van der Waals surface area contributed by atoms with E-state index < -0.39 is 0 Å². The molecular formula is C8H13N3O. The molecule has 0 rings (SSSR count). The van der Waals surface area contributed by atoms with Gasteiger partial charge in [0.25, 0.3) is 0 Å². The third kappa shape index (κ3) is 5.22. The van der Waals surface area contributed by atoms with Gasteiger partial charge in [-0.05, 0) is 6.08 Å². The lowest BCUT2D eigenvalue weighted by molar-refractivity contribution is -0.119. The Morgan fingerprint density at radius 3 is 2.92 bits per heavy atom. The summed E-state index contributed by atoms with van der Waals surface area (Å²) in [4.78, 5) is 14.4. The Balaban J connectivity index is 3.81. The molecule has 0 aromatic heterocycles. The Morgan fingerprint density at radius 2 is 2.42 bits per heavy atom. The number of nitrogens with zero attached hydrogens (tertiary/aromatic N) is 1. The van der Waals surface area contributed by atoms with Crippen molar-refractivity contribution >= 4 is 12.2 Å². The first-order chi connectivity index (χ1) is 5.70. The molecule has 0 saturated heterocycles. The molecule has 0 saturated carbocycles. The maximum atomic E-state index is 10.8. The number of carbonyl (C=O) groups is 1. The Bertz CT molecular complexity index is 218. The molecule has 4 heteroatoms. The normalized spacial score (nSPS) is 10.8. The van der Waals surface area contributed by atoms with Crippen LogP contribution in [0.15, 0.2) is 29.5 Å². The van der Waals surface area contributed by atoms with Gasteiger partial charge < -0.3 is 11.1 Å². The van der Waals surface area contributed by atoms with Gasteiger partial charge in [-0.25, -0.2) is 4.99 Å². The fraction of sp³-hybridized carbons (Fsp3) is 0.250. The number of hydrogen-bond donors (Lipinski definition) is 2. The van der Waals surface area contributed by atoms with Crippen LogP contribution >= 0.6 is 0 Å². The SMILES string of the molecule is C=C(/C=C\N=CN)NC(=O)CC. The van der Waals surface area contributed by atoms with Gasteiger partial charge in [0.15, 0.2) is 0 Å². The van der Waals surface area contributed by atoms with Gasteiger partial charge in [0.1, 0.15) is 0 Å². The molecule has 0 unspecified atom stereocenters. The average Bonchev–Trinajstić information content (AvgIpc) is 2.05. The van der Waals surface area contributed by atoms with Crippen molar-refractivity contribution in [3.05, 3.63) is 24.6 Å². The van der Waals surface area contributed by atoms with Gasteiger partial charge in [-0.15, -0.1) is 0 Å². The molecule has 12 heavy (non-hydrogen) atoms. The van der Waals surface area contributed by atoms with Gasteiger partial charge in [-0.2, -0.15) is 0 Å². The molecule has 0 spiro atoms. The largest absolute Gasteiger partial charge is 0.390 e. The molecule has 1 amide bonds. The summed E-state index contributed by atoms with van der Waals surface area (Å²) in [5.41, 5.74) is 5.49. The number of rotatable bonds is 4. The van der Waals surface area contributed by atoms with E-state index in [1.807, 2.05) is 0 Å². The van der Waals surface area contributed by atoms with Gasteiger partial charge in [0.2, 0.25) is 5.91 Å². The van der Waals surface area contributed by atoms with Crippen molar-refractivity contribution in [2.75, 3.05) is 0 Å². The molecule has 0 radical (unpaired) electrons. The van der Waals surface area contributed by atoms with Crippen LogP contribution in [-0.4, -0.2) is 12.2 Å². The smallest absolute Gasteiger partial charge is 0.224 e. The van der Waals surface area contributed by atoms with Crippen LogP contribution in [0.1, 0.15) is 13.3 Å². The third-order valence-corrected chi connectivity index (χ3v) is 1.07. The molecule has 0 aromatic carbocycles. The number of carbonyl (C=O) groups excluding carboxylic acids is 1. The molecular weight excluding hydrogens is 154 g/mol. The van der Waals surface area contributed by atoms with Crippen LogP contribution in [0.25, 0.3) is 0 Å². The molecule has 0 bridgehead atoms. The second-order valence-electron chi connectivity index (χ2n) is 2.04. The van der Waals surface area contributed by atoms with Crippen molar-refractivity contribution in [2.24, 2.45) is 10.7 Å². The summed E-state index contributed by atoms with van der Waals surface area (Å²) in [5, 5.41) is 2.55. The van der Waals surface area contributed by atoms with Crippen molar-refractivity contribution < 1.29 is 4.79 Å². The van der Waals surface area contributed by atoms with E-state index in [-0.39, 0.29) is 5.91 Å². The van der Waals surface area contributed by atoms with Gasteiger partial charge in [0.05, 0.1) is 6.34 Å². The average molecular weight is 167 g/mol. The monoisotopic (exact) mass is 167 g/mol. The summed E-state index contributed by atoms with van der Waals surface area (Å²) in [6.07, 6.45) is 4.62. The van der Waals surface area contributed by atoms with Crippen LogP contribution in [0.4, 0.5) is 0 Å². The van der Waals surface area contributed by atoms with E-state index in [9.17, 15) is 4.79 Å². The van der Waals surface area contributed by atoms with Crippen molar-refractivity contribution in [2.45, 2.75) is 13.3 Å². The van der Waals surface area contributed by atoms with Gasteiger partial charge in [0, 0.05) is 18.3 Å². The molecule has 0 aliphatic heterocycles. The molecule has 0 aromatic rings. The minimum atomic E-state index is -0.0682. The van der Waals surface area contributed by atoms with E-state index >= 15 is 0 Å². The van der Waals surface area contributed by atoms with Crippen LogP contribution < -0.4 is 11.1 Å². The zero-order valence-corrected chi connectivity index (χ0v) is 7.08. The Hall–Kier alpha value is -1.58. The number of allylic oxidation sites excluding steroid dienone is 1. The van der Waals surface area contributed by atoms with Crippen LogP contribution in [0.3, 0.4) is 0 Å². The highest BCUT2D eigenvalue weighted by Crippen LogP contribution is 1.88. The van der Waals surface area contributed by atoms with Crippen LogP contribution in [-0.2, 0) is 4.79 Å². The zero-order valence-electron chi connectivity index (χ0n) is 7.08. The molecule has 0 aliphatic carbocycles. The third-order valence-electron chi connectivity index (χ3n) is 1.07. The number of nitrogens with two attached hydrogens (primary N) is 1. The van der Waals surface area contributed by atoms with Crippen LogP contribution in [0, 0.1) is 0 Å². The van der Waals surface area contributed by atoms with Crippen LogP contribution in [0.2, 0.25) is 0 Å². The number of aliphatic imine (C=N–C) groups is 1. The Morgan fingerprint density at radius 1 is 1.75 bits per heavy atom. The van der Waals surface area contributed by atoms with E-state index in [0.717, 1.165) is 6.34 Å².